The highest BCUT2D eigenvalue weighted by molar-refractivity contribution is 7.99. The third kappa shape index (κ3) is 5.08. The van der Waals surface area contributed by atoms with Crippen molar-refractivity contribution in [1.82, 2.24) is 9.80 Å². The predicted molar refractivity (Wildman–Crippen MR) is 111 cm³/mol. The molecule has 0 radical (unpaired) electrons. The van der Waals surface area contributed by atoms with Crippen molar-refractivity contribution in [2.75, 3.05) is 52.4 Å². The number of nitrogens with zero attached hydrogens (tertiary/aromatic N) is 2. The first kappa shape index (κ1) is 19.8. The lowest BCUT2D eigenvalue weighted by Crippen LogP contribution is -2.51. The molecule has 0 saturated carbocycles. The standard InChI is InChI=1S/C21H34N2O2S/c1-22(12-8-17-6-7-20(24-2)21(15-17)25-3)19-5-4-11-23(16-19)18-9-13-26-14-10-18/h6-7,15,18-19H,4-5,8-14,16H2,1-3H3. The maximum Gasteiger partial charge on any atom is 0.160 e. The van der Waals surface area contributed by atoms with Crippen molar-refractivity contribution in [1.29, 1.82) is 0 Å². The third-order valence-electron chi connectivity index (χ3n) is 5.96. The van der Waals surface area contributed by atoms with Gasteiger partial charge in [-0.3, -0.25) is 4.90 Å². The zero-order valence-corrected chi connectivity index (χ0v) is 17.4. The molecule has 0 N–H and O–H groups in total. The molecule has 1 aromatic rings. The summed E-state index contributed by atoms with van der Waals surface area (Å²) in [4.78, 5) is 5.35. The van der Waals surface area contributed by atoms with Gasteiger partial charge in [0.05, 0.1) is 14.2 Å². The Labute approximate surface area is 163 Å². The fourth-order valence-corrected chi connectivity index (χ4v) is 5.33. The molecular weight excluding hydrogens is 344 g/mol. The van der Waals surface area contributed by atoms with Gasteiger partial charge in [0.1, 0.15) is 0 Å². The van der Waals surface area contributed by atoms with Crippen LogP contribution in [0.25, 0.3) is 0 Å². The summed E-state index contributed by atoms with van der Waals surface area (Å²) < 4.78 is 10.8. The number of thioether (sulfide) groups is 1. The van der Waals surface area contributed by atoms with Crippen LogP contribution in [0.4, 0.5) is 0 Å². The lowest BCUT2D eigenvalue weighted by molar-refractivity contribution is 0.0811. The summed E-state index contributed by atoms with van der Waals surface area (Å²) in [6.07, 6.45) is 6.49. The molecule has 1 atom stereocenters. The van der Waals surface area contributed by atoms with Crippen molar-refractivity contribution in [3.05, 3.63) is 23.8 Å². The Hall–Kier alpha value is -0.910. The lowest BCUT2D eigenvalue weighted by atomic mass is 9.99. The summed E-state index contributed by atoms with van der Waals surface area (Å²) in [6, 6.07) is 7.80. The highest BCUT2D eigenvalue weighted by Crippen LogP contribution is 2.28. The normalized spacial score (nSPS) is 22.5. The third-order valence-corrected chi connectivity index (χ3v) is 7.01. The van der Waals surface area contributed by atoms with Crippen LogP contribution < -0.4 is 9.47 Å². The van der Waals surface area contributed by atoms with Crippen LogP contribution >= 0.6 is 11.8 Å². The monoisotopic (exact) mass is 378 g/mol. The second-order valence-corrected chi connectivity index (χ2v) is 8.78. The van der Waals surface area contributed by atoms with Crippen LogP contribution in [-0.2, 0) is 6.42 Å². The summed E-state index contributed by atoms with van der Waals surface area (Å²) in [5.74, 6) is 4.33. The Morgan fingerprint density at radius 1 is 1.12 bits per heavy atom. The number of benzene rings is 1. The van der Waals surface area contributed by atoms with Gasteiger partial charge in [0.2, 0.25) is 0 Å². The maximum absolute atomic E-state index is 5.43. The SMILES string of the molecule is COc1ccc(CCN(C)C2CCCN(C3CCSCC3)C2)cc1OC. The van der Waals surface area contributed by atoms with Crippen molar-refractivity contribution in [3.8, 4) is 11.5 Å². The fraction of sp³-hybridized carbons (Fsp3) is 0.714. The molecule has 1 unspecified atom stereocenters. The summed E-state index contributed by atoms with van der Waals surface area (Å²) in [5.41, 5.74) is 1.31. The van der Waals surface area contributed by atoms with E-state index in [-0.39, 0.29) is 0 Å². The predicted octanol–water partition coefficient (Wildman–Crippen LogP) is 3.54. The number of rotatable bonds is 7. The molecular formula is C21H34N2O2S. The van der Waals surface area contributed by atoms with Crippen molar-refractivity contribution in [2.24, 2.45) is 0 Å². The minimum absolute atomic E-state index is 0.693. The van der Waals surface area contributed by atoms with E-state index in [4.69, 9.17) is 9.47 Å². The minimum atomic E-state index is 0.693. The van der Waals surface area contributed by atoms with Gasteiger partial charge in [-0.15, -0.1) is 0 Å². The molecule has 26 heavy (non-hydrogen) atoms. The molecule has 0 bridgehead atoms. The molecule has 2 aliphatic rings. The van der Waals surface area contributed by atoms with E-state index in [9.17, 15) is 0 Å². The molecule has 0 spiro atoms. The Morgan fingerprint density at radius 3 is 2.62 bits per heavy atom. The van der Waals surface area contributed by atoms with Gasteiger partial charge < -0.3 is 14.4 Å². The van der Waals surface area contributed by atoms with Gasteiger partial charge in [-0.05, 0) is 74.9 Å². The Morgan fingerprint density at radius 2 is 1.88 bits per heavy atom. The molecule has 5 heteroatoms. The molecule has 1 aromatic carbocycles. The Kier molecular flexibility index (Phi) is 7.52. The number of methoxy groups -OCH3 is 2. The molecule has 0 aromatic heterocycles. The summed E-state index contributed by atoms with van der Waals surface area (Å²) in [7, 11) is 5.69. The van der Waals surface area contributed by atoms with E-state index in [0.717, 1.165) is 30.5 Å². The number of likely N-dealkylation sites (N-methyl/N-ethyl adjacent to an activating group) is 1. The average molecular weight is 379 g/mol. The molecule has 2 saturated heterocycles. The number of likely N-dealkylation sites (tertiary alicyclic amines) is 1. The van der Waals surface area contributed by atoms with Gasteiger partial charge in [0, 0.05) is 25.2 Å². The van der Waals surface area contributed by atoms with Crippen molar-refractivity contribution in [2.45, 2.75) is 44.2 Å². The minimum Gasteiger partial charge on any atom is -0.493 e. The molecule has 2 aliphatic heterocycles. The molecule has 146 valence electrons. The molecule has 3 rings (SSSR count). The van der Waals surface area contributed by atoms with Crippen LogP contribution in [0.1, 0.15) is 31.2 Å². The van der Waals surface area contributed by atoms with E-state index in [1.807, 2.05) is 6.07 Å². The fourth-order valence-electron chi connectivity index (χ4n) is 4.25. The van der Waals surface area contributed by atoms with Gasteiger partial charge in [0.25, 0.3) is 0 Å². The highest BCUT2D eigenvalue weighted by Gasteiger charge is 2.28. The smallest absolute Gasteiger partial charge is 0.160 e. The topological polar surface area (TPSA) is 24.9 Å². The van der Waals surface area contributed by atoms with E-state index < -0.39 is 0 Å². The van der Waals surface area contributed by atoms with Gasteiger partial charge >= 0.3 is 0 Å². The van der Waals surface area contributed by atoms with Crippen LogP contribution in [0, 0.1) is 0 Å². The first-order chi connectivity index (χ1) is 12.7. The average Bonchev–Trinajstić information content (AvgIpc) is 2.72. The van der Waals surface area contributed by atoms with Crippen LogP contribution in [0.5, 0.6) is 11.5 Å². The van der Waals surface area contributed by atoms with Crippen LogP contribution in [0.15, 0.2) is 18.2 Å². The van der Waals surface area contributed by atoms with Gasteiger partial charge in [0.15, 0.2) is 11.5 Å². The van der Waals surface area contributed by atoms with Crippen molar-refractivity contribution >= 4 is 11.8 Å². The summed E-state index contributed by atoms with van der Waals surface area (Å²) in [6.45, 7) is 3.64. The molecule has 2 heterocycles. The van der Waals surface area contributed by atoms with Crippen LogP contribution in [0.2, 0.25) is 0 Å². The quantitative estimate of drug-likeness (QED) is 0.723. The highest BCUT2D eigenvalue weighted by atomic mass is 32.2. The molecule has 4 nitrogen and oxygen atoms in total. The number of hydrogen-bond acceptors (Lipinski definition) is 5. The largest absolute Gasteiger partial charge is 0.493 e. The second kappa shape index (κ2) is 9.86. The summed E-state index contributed by atoms with van der Waals surface area (Å²) in [5, 5.41) is 0. The van der Waals surface area contributed by atoms with Crippen LogP contribution in [0.3, 0.4) is 0 Å². The second-order valence-electron chi connectivity index (χ2n) is 7.55. The maximum atomic E-state index is 5.43. The van der Waals surface area contributed by atoms with Crippen molar-refractivity contribution < 1.29 is 9.47 Å². The number of hydrogen-bond donors (Lipinski definition) is 0. The van der Waals surface area contributed by atoms with E-state index in [1.54, 1.807) is 14.2 Å². The zero-order valence-electron chi connectivity index (χ0n) is 16.6. The van der Waals surface area contributed by atoms with Crippen molar-refractivity contribution in [3.63, 3.8) is 0 Å². The number of ether oxygens (including phenoxy) is 2. The molecule has 2 fully saturated rings. The van der Waals surface area contributed by atoms with Gasteiger partial charge in [-0.2, -0.15) is 11.8 Å². The molecule has 0 amide bonds. The van der Waals surface area contributed by atoms with E-state index >= 15 is 0 Å². The molecule has 0 aliphatic carbocycles. The number of piperidine rings is 1. The first-order valence-corrected chi connectivity index (χ1v) is 11.1. The van der Waals surface area contributed by atoms with Gasteiger partial charge in [-0.25, -0.2) is 0 Å². The summed E-state index contributed by atoms with van der Waals surface area (Å²) >= 11 is 2.12. The Bertz CT molecular complexity index is 563. The van der Waals surface area contributed by atoms with Crippen LogP contribution in [-0.4, -0.2) is 74.3 Å². The zero-order chi connectivity index (χ0) is 18.4. The van der Waals surface area contributed by atoms with E-state index in [2.05, 4.69) is 40.7 Å². The first-order valence-electron chi connectivity index (χ1n) is 9.94. The lowest BCUT2D eigenvalue weighted by Gasteiger charge is -2.42. The Balaban J connectivity index is 1.51. The van der Waals surface area contributed by atoms with Gasteiger partial charge in [-0.1, -0.05) is 6.07 Å². The van der Waals surface area contributed by atoms with E-state index in [1.165, 1.54) is 55.8 Å². The van der Waals surface area contributed by atoms with E-state index in [0.29, 0.717) is 6.04 Å².